The number of rotatable bonds is 3. The van der Waals surface area contributed by atoms with E-state index < -0.39 is 0 Å². The number of halogens is 1. The van der Waals surface area contributed by atoms with Crippen LogP contribution in [-0.2, 0) is 6.61 Å². The Bertz CT molecular complexity index is 418. The van der Waals surface area contributed by atoms with Gasteiger partial charge in [-0.1, -0.05) is 0 Å². The van der Waals surface area contributed by atoms with E-state index >= 15 is 0 Å². The van der Waals surface area contributed by atoms with Crippen LogP contribution in [0.3, 0.4) is 0 Å². The molecule has 0 aliphatic heterocycles. The van der Waals surface area contributed by atoms with Gasteiger partial charge in [-0.05, 0) is 33.6 Å². The molecule has 76 valence electrons. The van der Waals surface area contributed by atoms with Crippen molar-refractivity contribution in [1.82, 2.24) is 15.0 Å². The van der Waals surface area contributed by atoms with Crippen molar-refractivity contribution in [2.24, 2.45) is 0 Å². The average Bonchev–Trinajstić information content (AvgIpc) is 2.30. The molecule has 0 spiro atoms. The molecule has 0 amide bonds. The molecule has 0 unspecified atom stereocenters. The van der Waals surface area contributed by atoms with Gasteiger partial charge < -0.3 is 4.74 Å². The normalized spacial score (nSPS) is 9.93. The predicted octanol–water partition coefficient (Wildman–Crippen LogP) is 2.21. The molecular weight excluding hydrogens is 258 g/mol. The van der Waals surface area contributed by atoms with Crippen LogP contribution in [0, 0.1) is 0 Å². The fourth-order valence-electron chi connectivity index (χ4n) is 1.01. The molecule has 15 heavy (non-hydrogen) atoms. The van der Waals surface area contributed by atoms with E-state index in [0.717, 1.165) is 5.56 Å². The molecule has 0 saturated heterocycles. The molecule has 4 nitrogen and oxygen atoms in total. The van der Waals surface area contributed by atoms with Gasteiger partial charge in [0.15, 0.2) is 0 Å². The van der Waals surface area contributed by atoms with Crippen LogP contribution >= 0.6 is 15.9 Å². The van der Waals surface area contributed by atoms with Gasteiger partial charge in [-0.2, -0.15) is 0 Å². The van der Waals surface area contributed by atoms with Gasteiger partial charge in [0.2, 0.25) is 5.88 Å². The van der Waals surface area contributed by atoms with Gasteiger partial charge in [0.25, 0.3) is 0 Å². The maximum Gasteiger partial charge on any atom is 0.232 e. The molecule has 0 radical (unpaired) electrons. The summed E-state index contributed by atoms with van der Waals surface area (Å²) in [4.78, 5) is 12.0. The van der Waals surface area contributed by atoms with E-state index in [9.17, 15) is 0 Å². The zero-order valence-electron chi connectivity index (χ0n) is 7.80. The minimum atomic E-state index is 0.471. The van der Waals surface area contributed by atoms with Crippen molar-refractivity contribution in [3.8, 4) is 5.88 Å². The average molecular weight is 266 g/mol. The molecule has 2 heterocycles. The molecule has 0 N–H and O–H groups in total. The molecule has 0 aliphatic carbocycles. The maximum atomic E-state index is 5.42. The van der Waals surface area contributed by atoms with Crippen molar-refractivity contribution in [2.75, 3.05) is 0 Å². The Kier molecular flexibility index (Phi) is 3.24. The highest BCUT2D eigenvalue weighted by atomic mass is 79.9. The van der Waals surface area contributed by atoms with Gasteiger partial charge in [-0.15, -0.1) is 0 Å². The first kappa shape index (κ1) is 10.0. The summed E-state index contributed by atoms with van der Waals surface area (Å²) < 4.78 is 6.12. The van der Waals surface area contributed by atoms with Gasteiger partial charge >= 0.3 is 0 Å². The monoisotopic (exact) mass is 265 g/mol. The minimum absolute atomic E-state index is 0.471. The molecule has 2 aromatic rings. The summed E-state index contributed by atoms with van der Waals surface area (Å²) in [5.74, 6) is 0.509. The van der Waals surface area contributed by atoms with Gasteiger partial charge in [0, 0.05) is 12.4 Å². The van der Waals surface area contributed by atoms with E-state index in [1.165, 1.54) is 0 Å². The van der Waals surface area contributed by atoms with Crippen LogP contribution in [0.4, 0.5) is 0 Å². The smallest absolute Gasteiger partial charge is 0.232 e. The summed E-state index contributed by atoms with van der Waals surface area (Å²) in [5.41, 5.74) is 1.05. The zero-order chi connectivity index (χ0) is 10.5. The number of hydrogen-bond donors (Lipinski definition) is 0. The first-order chi connectivity index (χ1) is 7.34. The van der Waals surface area contributed by atoms with Crippen LogP contribution in [0.25, 0.3) is 0 Å². The summed E-state index contributed by atoms with van der Waals surface area (Å²) in [6.07, 6.45) is 6.63. The van der Waals surface area contributed by atoms with Crippen LogP contribution in [0.1, 0.15) is 5.56 Å². The Morgan fingerprint density at radius 1 is 1.13 bits per heavy atom. The predicted molar refractivity (Wildman–Crippen MR) is 58.3 cm³/mol. The Morgan fingerprint density at radius 2 is 1.93 bits per heavy atom. The van der Waals surface area contributed by atoms with Crippen molar-refractivity contribution < 1.29 is 4.74 Å². The fourth-order valence-corrected chi connectivity index (χ4v) is 1.22. The van der Waals surface area contributed by atoms with E-state index in [0.29, 0.717) is 17.1 Å². The first-order valence-corrected chi connectivity index (χ1v) is 5.13. The lowest BCUT2D eigenvalue weighted by atomic mass is 10.3. The second kappa shape index (κ2) is 4.84. The molecule has 0 aliphatic rings. The van der Waals surface area contributed by atoms with Crippen LogP contribution in [0.15, 0.2) is 41.5 Å². The van der Waals surface area contributed by atoms with Crippen LogP contribution in [0.2, 0.25) is 0 Å². The van der Waals surface area contributed by atoms with Gasteiger partial charge in [0.1, 0.15) is 11.2 Å². The zero-order valence-corrected chi connectivity index (χ0v) is 9.39. The molecule has 2 rings (SSSR count). The number of pyridine rings is 1. The lowest BCUT2D eigenvalue weighted by molar-refractivity contribution is 0.292. The minimum Gasteiger partial charge on any atom is -0.472 e. The largest absolute Gasteiger partial charge is 0.472 e. The maximum absolute atomic E-state index is 5.42. The fraction of sp³-hybridized carbons (Fsp3) is 0.100. The van der Waals surface area contributed by atoms with E-state index in [1.807, 2.05) is 12.1 Å². The third kappa shape index (κ3) is 2.99. The summed E-state index contributed by atoms with van der Waals surface area (Å²) in [6, 6.07) is 3.79. The number of nitrogens with zero attached hydrogens (tertiary/aromatic N) is 3. The molecule has 0 aromatic carbocycles. The Labute approximate surface area is 95.5 Å². The van der Waals surface area contributed by atoms with Gasteiger partial charge in [0.05, 0.1) is 12.4 Å². The quantitative estimate of drug-likeness (QED) is 0.854. The van der Waals surface area contributed by atoms with Crippen LogP contribution < -0.4 is 4.74 Å². The summed E-state index contributed by atoms with van der Waals surface area (Å²) in [5, 5.41) is 0. The lowest BCUT2D eigenvalue weighted by Crippen LogP contribution is -1.97. The second-order valence-corrected chi connectivity index (χ2v) is 3.63. The lowest BCUT2D eigenvalue weighted by Gasteiger charge is -2.03. The van der Waals surface area contributed by atoms with Crippen molar-refractivity contribution in [3.05, 3.63) is 47.1 Å². The molecular formula is C10H8BrN3O. The number of hydrogen-bond acceptors (Lipinski definition) is 4. The Morgan fingerprint density at radius 3 is 2.60 bits per heavy atom. The van der Waals surface area contributed by atoms with E-state index in [4.69, 9.17) is 4.74 Å². The molecule has 0 fully saturated rings. The van der Waals surface area contributed by atoms with Crippen molar-refractivity contribution in [3.63, 3.8) is 0 Å². The highest BCUT2D eigenvalue weighted by Crippen LogP contribution is 2.10. The Balaban J connectivity index is 1.96. The number of ether oxygens (including phenoxy) is 1. The topological polar surface area (TPSA) is 47.9 Å². The van der Waals surface area contributed by atoms with Crippen molar-refractivity contribution in [2.45, 2.75) is 6.61 Å². The van der Waals surface area contributed by atoms with Crippen molar-refractivity contribution >= 4 is 15.9 Å². The standard InChI is InChI=1S/C10H8BrN3O/c11-9-5-14-10(6-13-9)15-7-8-1-3-12-4-2-8/h1-6H,7H2. The van der Waals surface area contributed by atoms with Crippen molar-refractivity contribution in [1.29, 1.82) is 0 Å². The van der Waals surface area contributed by atoms with Gasteiger partial charge in [-0.25, -0.2) is 9.97 Å². The molecule has 0 atom stereocenters. The van der Waals surface area contributed by atoms with E-state index in [2.05, 4.69) is 30.9 Å². The van der Waals surface area contributed by atoms with Crippen LogP contribution in [-0.4, -0.2) is 15.0 Å². The highest BCUT2D eigenvalue weighted by Gasteiger charge is 1.97. The summed E-state index contributed by atoms with van der Waals surface area (Å²) in [7, 11) is 0. The summed E-state index contributed by atoms with van der Waals surface area (Å²) >= 11 is 3.20. The summed E-state index contributed by atoms with van der Waals surface area (Å²) in [6.45, 7) is 0.471. The first-order valence-electron chi connectivity index (χ1n) is 4.34. The molecule has 0 saturated carbocycles. The van der Waals surface area contributed by atoms with Gasteiger partial charge in [-0.3, -0.25) is 4.98 Å². The molecule has 5 heteroatoms. The Hall–Kier alpha value is -1.49. The van der Waals surface area contributed by atoms with E-state index in [-0.39, 0.29) is 0 Å². The molecule has 2 aromatic heterocycles. The molecule has 0 bridgehead atoms. The highest BCUT2D eigenvalue weighted by molar-refractivity contribution is 9.10. The third-order valence-corrected chi connectivity index (χ3v) is 2.14. The third-order valence-electron chi connectivity index (χ3n) is 1.73. The van der Waals surface area contributed by atoms with Crippen LogP contribution in [0.5, 0.6) is 5.88 Å². The second-order valence-electron chi connectivity index (χ2n) is 2.82. The van der Waals surface area contributed by atoms with E-state index in [1.54, 1.807) is 24.8 Å². The SMILES string of the molecule is Brc1cnc(OCc2ccncc2)cn1. The number of aromatic nitrogens is 3.